The molecular weight excluding hydrogens is 288 g/mol. The molecule has 0 radical (unpaired) electrons. The Morgan fingerprint density at radius 2 is 2.11 bits per heavy atom. The summed E-state index contributed by atoms with van der Waals surface area (Å²) in [6.07, 6.45) is 2.34. The van der Waals surface area contributed by atoms with E-state index in [0.717, 1.165) is 17.8 Å². The summed E-state index contributed by atoms with van der Waals surface area (Å²) in [5.41, 5.74) is 4.16. The number of hydrazine groups is 1. The molecule has 2 unspecified atom stereocenters. The van der Waals surface area contributed by atoms with E-state index >= 15 is 0 Å². The third kappa shape index (κ3) is 3.68. The first-order chi connectivity index (χ1) is 8.72. The summed E-state index contributed by atoms with van der Waals surface area (Å²) >= 11 is 6.25. The van der Waals surface area contributed by atoms with Crippen molar-refractivity contribution in [2.45, 2.75) is 38.0 Å². The summed E-state index contributed by atoms with van der Waals surface area (Å²) in [4.78, 5) is 0. The van der Waals surface area contributed by atoms with Gasteiger partial charge in [0.1, 0.15) is 0 Å². The normalized spacial score (nSPS) is 15.5. The molecule has 0 aliphatic rings. The number of rotatable bonds is 6. The number of nitrogens with one attached hydrogen (secondary N) is 1. The van der Waals surface area contributed by atoms with Crippen LogP contribution in [0.3, 0.4) is 0 Å². The highest BCUT2D eigenvalue weighted by Crippen LogP contribution is 2.23. The zero-order chi connectivity index (χ0) is 14.8. The smallest absolute Gasteiger partial charge is 0.151 e. The fourth-order valence-corrected chi connectivity index (χ4v) is 3.05. The van der Waals surface area contributed by atoms with Crippen molar-refractivity contribution in [2.75, 3.05) is 6.26 Å². The highest BCUT2D eigenvalue weighted by atomic mass is 35.5. The number of hydrogen-bond donors (Lipinski definition) is 2. The molecule has 0 saturated heterocycles. The second kappa shape index (κ2) is 6.21. The molecule has 19 heavy (non-hydrogen) atoms. The van der Waals surface area contributed by atoms with Crippen molar-refractivity contribution in [3.8, 4) is 0 Å². The van der Waals surface area contributed by atoms with Gasteiger partial charge in [0.25, 0.3) is 0 Å². The van der Waals surface area contributed by atoms with Crippen molar-refractivity contribution in [3.63, 3.8) is 0 Å². The van der Waals surface area contributed by atoms with Gasteiger partial charge in [-0.1, -0.05) is 18.5 Å². The van der Waals surface area contributed by atoms with E-state index in [2.05, 4.69) is 10.5 Å². The lowest BCUT2D eigenvalue weighted by Gasteiger charge is -2.21. The van der Waals surface area contributed by atoms with Gasteiger partial charge in [-0.25, -0.2) is 8.42 Å². The molecule has 0 aliphatic carbocycles. The number of nitrogens with two attached hydrogens (primary N) is 1. The van der Waals surface area contributed by atoms with E-state index in [1.165, 1.54) is 6.26 Å². The number of aryl methyl sites for hydroxylation is 2. The topological polar surface area (TPSA) is 90.0 Å². The standard InChI is InChI=1S/C11H21ClN4O2S/c1-5-8-11(12)10(16(3)15-8)6-9(14-13)7(2)19(4,17)18/h7,9,14H,5-6,13H2,1-4H3. The maximum absolute atomic E-state index is 11.6. The van der Waals surface area contributed by atoms with Crippen LogP contribution in [-0.4, -0.2) is 35.7 Å². The highest BCUT2D eigenvalue weighted by molar-refractivity contribution is 7.91. The Morgan fingerprint density at radius 1 is 1.53 bits per heavy atom. The molecule has 1 heterocycles. The Bertz CT molecular complexity index is 541. The first kappa shape index (κ1) is 16.4. The van der Waals surface area contributed by atoms with Crippen LogP contribution in [0.1, 0.15) is 25.2 Å². The van der Waals surface area contributed by atoms with Crippen molar-refractivity contribution in [1.29, 1.82) is 0 Å². The van der Waals surface area contributed by atoms with Crippen LogP contribution in [0.5, 0.6) is 0 Å². The van der Waals surface area contributed by atoms with Crippen molar-refractivity contribution in [1.82, 2.24) is 15.2 Å². The Labute approximate surface area is 119 Å². The summed E-state index contributed by atoms with van der Waals surface area (Å²) in [6.45, 7) is 3.60. The molecule has 1 aromatic heterocycles. The van der Waals surface area contributed by atoms with Gasteiger partial charge in [-0.05, 0) is 13.3 Å². The van der Waals surface area contributed by atoms with Gasteiger partial charge >= 0.3 is 0 Å². The van der Waals surface area contributed by atoms with Gasteiger partial charge in [0.15, 0.2) is 9.84 Å². The summed E-state index contributed by atoms with van der Waals surface area (Å²) in [5.74, 6) is 5.47. The van der Waals surface area contributed by atoms with Crippen LogP contribution in [0.4, 0.5) is 0 Å². The minimum Gasteiger partial charge on any atom is -0.271 e. The van der Waals surface area contributed by atoms with Crippen LogP contribution in [0.25, 0.3) is 0 Å². The molecular formula is C11H21ClN4O2S. The van der Waals surface area contributed by atoms with Gasteiger partial charge in [0.2, 0.25) is 0 Å². The van der Waals surface area contributed by atoms with Crippen LogP contribution in [0, 0.1) is 0 Å². The third-order valence-corrected chi connectivity index (χ3v) is 5.49. The van der Waals surface area contributed by atoms with Gasteiger partial charge in [0, 0.05) is 25.8 Å². The molecule has 3 N–H and O–H groups in total. The molecule has 0 bridgehead atoms. The first-order valence-corrected chi connectivity index (χ1v) is 8.40. The summed E-state index contributed by atoms with van der Waals surface area (Å²) < 4.78 is 24.9. The SMILES string of the molecule is CCc1nn(C)c(CC(NN)C(C)S(C)(=O)=O)c1Cl. The quantitative estimate of drug-likeness (QED) is 0.588. The van der Waals surface area contributed by atoms with Crippen molar-refractivity contribution >= 4 is 21.4 Å². The minimum absolute atomic E-state index is 0.410. The summed E-state index contributed by atoms with van der Waals surface area (Å²) in [7, 11) is -1.38. The fourth-order valence-electron chi connectivity index (χ4n) is 1.91. The van der Waals surface area contributed by atoms with E-state index < -0.39 is 21.1 Å². The fraction of sp³-hybridized carbons (Fsp3) is 0.727. The van der Waals surface area contributed by atoms with Crippen molar-refractivity contribution < 1.29 is 8.42 Å². The van der Waals surface area contributed by atoms with Crippen LogP contribution < -0.4 is 11.3 Å². The molecule has 0 aliphatic heterocycles. The van der Waals surface area contributed by atoms with E-state index in [1.807, 2.05) is 6.92 Å². The maximum Gasteiger partial charge on any atom is 0.151 e. The summed E-state index contributed by atoms with van der Waals surface area (Å²) in [6, 6.07) is -0.410. The molecule has 0 aromatic carbocycles. The first-order valence-electron chi connectivity index (χ1n) is 6.07. The average Bonchev–Trinajstić information content (AvgIpc) is 2.60. The molecule has 0 amide bonds. The van der Waals surface area contributed by atoms with E-state index in [9.17, 15) is 8.42 Å². The molecule has 8 heteroatoms. The van der Waals surface area contributed by atoms with Crippen LogP contribution in [-0.2, 0) is 29.7 Å². The van der Waals surface area contributed by atoms with Crippen LogP contribution in [0.15, 0.2) is 0 Å². The number of aromatic nitrogens is 2. The van der Waals surface area contributed by atoms with E-state index in [-0.39, 0.29) is 0 Å². The predicted molar refractivity (Wildman–Crippen MR) is 76.7 cm³/mol. The molecule has 0 fully saturated rings. The average molecular weight is 309 g/mol. The molecule has 1 aromatic rings. The minimum atomic E-state index is -3.17. The Kier molecular flexibility index (Phi) is 5.37. The van der Waals surface area contributed by atoms with E-state index in [1.54, 1.807) is 18.7 Å². The van der Waals surface area contributed by atoms with Gasteiger partial charge < -0.3 is 0 Å². The van der Waals surface area contributed by atoms with Gasteiger partial charge in [-0.15, -0.1) is 0 Å². The lowest BCUT2D eigenvalue weighted by atomic mass is 10.1. The molecule has 0 spiro atoms. The number of halogens is 1. The largest absolute Gasteiger partial charge is 0.271 e. The predicted octanol–water partition coefficient (Wildman–Crippen LogP) is 0.443. The molecule has 6 nitrogen and oxygen atoms in total. The zero-order valence-electron chi connectivity index (χ0n) is 11.6. The van der Waals surface area contributed by atoms with Crippen LogP contribution >= 0.6 is 11.6 Å². The number of hydrogen-bond acceptors (Lipinski definition) is 5. The Morgan fingerprint density at radius 3 is 2.47 bits per heavy atom. The van der Waals surface area contributed by atoms with Gasteiger partial charge in [-0.2, -0.15) is 5.10 Å². The second-order valence-electron chi connectivity index (χ2n) is 4.70. The van der Waals surface area contributed by atoms with Gasteiger partial charge in [-0.3, -0.25) is 16.0 Å². The molecule has 1 rings (SSSR count). The molecule has 2 atom stereocenters. The van der Waals surface area contributed by atoms with E-state index in [4.69, 9.17) is 17.4 Å². The number of nitrogens with zero attached hydrogens (tertiary/aromatic N) is 2. The Hall–Kier alpha value is -0.630. The van der Waals surface area contributed by atoms with E-state index in [0.29, 0.717) is 11.4 Å². The maximum atomic E-state index is 11.6. The summed E-state index contributed by atoms with van der Waals surface area (Å²) in [5, 5.41) is 4.29. The zero-order valence-corrected chi connectivity index (χ0v) is 13.2. The van der Waals surface area contributed by atoms with Crippen molar-refractivity contribution in [2.24, 2.45) is 12.9 Å². The van der Waals surface area contributed by atoms with Crippen LogP contribution in [0.2, 0.25) is 5.02 Å². The third-order valence-electron chi connectivity index (χ3n) is 3.37. The highest BCUT2D eigenvalue weighted by Gasteiger charge is 2.27. The lowest BCUT2D eigenvalue weighted by Crippen LogP contribution is -2.47. The second-order valence-corrected chi connectivity index (χ2v) is 7.48. The Balaban J connectivity index is 3.03. The van der Waals surface area contributed by atoms with Gasteiger partial charge in [0.05, 0.1) is 21.7 Å². The monoisotopic (exact) mass is 308 g/mol. The van der Waals surface area contributed by atoms with Crippen molar-refractivity contribution in [3.05, 3.63) is 16.4 Å². The lowest BCUT2D eigenvalue weighted by molar-refractivity contribution is 0.482. The number of sulfone groups is 1. The molecule has 0 saturated carbocycles. The molecule has 110 valence electrons.